The number of rotatable bonds is 3. The van der Waals surface area contributed by atoms with Gasteiger partial charge >= 0.3 is 0 Å². The molecule has 0 aliphatic rings. The second-order valence-corrected chi connectivity index (χ2v) is 6.62. The van der Waals surface area contributed by atoms with Crippen LogP contribution in [0.3, 0.4) is 0 Å². The van der Waals surface area contributed by atoms with Gasteiger partial charge in [0.05, 0.1) is 16.6 Å². The van der Waals surface area contributed by atoms with Crippen LogP contribution in [0.25, 0.3) is 39.3 Å². The second-order valence-electron chi connectivity index (χ2n) is 6.62. The Morgan fingerprint density at radius 3 is 2.64 bits per heavy atom. The minimum absolute atomic E-state index is 0.144. The zero-order chi connectivity index (χ0) is 19.3. The highest BCUT2D eigenvalue weighted by Gasteiger charge is 2.16. The molecule has 7 heteroatoms. The number of hydrogen-bond acceptors (Lipinski definition) is 4. The second kappa shape index (κ2) is 6.16. The van der Waals surface area contributed by atoms with E-state index < -0.39 is 0 Å². The van der Waals surface area contributed by atoms with Gasteiger partial charge in [-0.25, -0.2) is 4.98 Å². The largest absolute Gasteiger partial charge is 0.313 e. The van der Waals surface area contributed by atoms with E-state index in [9.17, 15) is 4.79 Å². The molecule has 0 unspecified atom stereocenters. The standard InChI is InChI=1S/C21H18N6O/c1-3-27-17-9-6-12-22-20(17)19(24-27)14-10-11-18(28)26(13-14)21-23-15-7-4-5-8-16(15)25(21)2/h4-13H,3H2,1-2H3. The van der Waals surface area contributed by atoms with E-state index in [4.69, 9.17) is 5.10 Å². The Kier molecular flexibility index (Phi) is 3.61. The molecule has 0 radical (unpaired) electrons. The summed E-state index contributed by atoms with van der Waals surface area (Å²) >= 11 is 0. The van der Waals surface area contributed by atoms with Crippen molar-refractivity contribution in [1.29, 1.82) is 0 Å². The predicted octanol–water partition coefficient (Wildman–Crippen LogP) is 3.16. The molecule has 7 nitrogen and oxygen atoms in total. The summed E-state index contributed by atoms with van der Waals surface area (Å²) in [6.45, 7) is 2.79. The minimum atomic E-state index is -0.144. The Morgan fingerprint density at radius 2 is 1.82 bits per heavy atom. The molecule has 0 fully saturated rings. The summed E-state index contributed by atoms with van der Waals surface area (Å²) in [7, 11) is 1.91. The quantitative estimate of drug-likeness (QED) is 0.489. The predicted molar refractivity (Wildman–Crippen MR) is 109 cm³/mol. The maximum absolute atomic E-state index is 12.6. The van der Waals surface area contributed by atoms with E-state index in [0.29, 0.717) is 5.95 Å². The number of hydrogen-bond donors (Lipinski definition) is 0. The van der Waals surface area contributed by atoms with E-state index in [2.05, 4.69) is 9.97 Å². The van der Waals surface area contributed by atoms with Gasteiger partial charge in [-0.15, -0.1) is 0 Å². The Hall–Kier alpha value is -3.74. The lowest BCUT2D eigenvalue weighted by Crippen LogP contribution is -2.19. The Balaban J connectivity index is 1.75. The minimum Gasteiger partial charge on any atom is -0.313 e. The number of para-hydroxylation sites is 2. The molecule has 4 heterocycles. The Bertz CT molecular complexity index is 1390. The summed E-state index contributed by atoms with van der Waals surface area (Å²) < 4.78 is 5.40. The van der Waals surface area contributed by atoms with Gasteiger partial charge in [0.25, 0.3) is 5.56 Å². The fourth-order valence-electron chi connectivity index (χ4n) is 3.58. The van der Waals surface area contributed by atoms with E-state index in [1.165, 1.54) is 0 Å². The van der Waals surface area contributed by atoms with Crippen molar-refractivity contribution in [3.8, 4) is 17.2 Å². The van der Waals surface area contributed by atoms with Crippen LogP contribution < -0.4 is 5.56 Å². The molecule has 28 heavy (non-hydrogen) atoms. The lowest BCUT2D eigenvalue weighted by atomic mass is 10.2. The molecule has 0 N–H and O–H groups in total. The molecule has 4 aromatic heterocycles. The molecular weight excluding hydrogens is 352 g/mol. The Morgan fingerprint density at radius 1 is 1.00 bits per heavy atom. The maximum atomic E-state index is 12.6. The molecule has 138 valence electrons. The molecule has 0 spiro atoms. The van der Waals surface area contributed by atoms with Crippen molar-refractivity contribution in [3.05, 3.63) is 71.3 Å². The SMILES string of the molecule is CCn1nc(-c2ccc(=O)n(-c3nc4ccccc4n3C)c2)c2ncccc21. The molecule has 5 rings (SSSR count). The van der Waals surface area contributed by atoms with E-state index >= 15 is 0 Å². The third-order valence-electron chi connectivity index (χ3n) is 4.97. The molecule has 0 amide bonds. The summed E-state index contributed by atoms with van der Waals surface area (Å²) in [5.74, 6) is 0.570. The van der Waals surface area contributed by atoms with Gasteiger partial charge in [0.15, 0.2) is 0 Å². The van der Waals surface area contributed by atoms with Crippen molar-refractivity contribution in [1.82, 2.24) is 28.9 Å². The lowest BCUT2D eigenvalue weighted by molar-refractivity contribution is 0.686. The first-order valence-corrected chi connectivity index (χ1v) is 9.14. The molecule has 0 saturated heterocycles. The first-order valence-electron chi connectivity index (χ1n) is 9.14. The van der Waals surface area contributed by atoms with Crippen LogP contribution in [0.1, 0.15) is 6.92 Å². The van der Waals surface area contributed by atoms with Crippen molar-refractivity contribution in [3.63, 3.8) is 0 Å². The number of nitrogens with zero attached hydrogens (tertiary/aromatic N) is 6. The lowest BCUT2D eigenvalue weighted by Gasteiger charge is -2.07. The van der Waals surface area contributed by atoms with Gasteiger partial charge in [-0.3, -0.25) is 19.0 Å². The summed E-state index contributed by atoms with van der Waals surface area (Å²) in [4.78, 5) is 21.8. The van der Waals surface area contributed by atoms with Crippen molar-refractivity contribution >= 4 is 22.1 Å². The number of aryl methyl sites for hydroxylation is 2. The van der Waals surface area contributed by atoms with Crippen LogP contribution in [0, 0.1) is 0 Å². The maximum Gasteiger partial charge on any atom is 0.257 e. The van der Waals surface area contributed by atoms with Gasteiger partial charge in [0, 0.05) is 37.6 Å². The van der Waals surface area contributed by atoms with E-state index in [-0.39, 0.29) is 5.56 Å². The molecule has 5 aromatic rings. The fraction of sp³-hybridized carbons (Fsp3) is 0.143. The summed E-state index contributed by atoms with van der Waals surface area (Å²) in [5.41, 5.74) is 5.04. The third kappa shape index (κ3) is 2.36. The first kappa shape index (κ1) is 16.4. The van der Waals surface area contributed by atoms with Gasteiger partial charge in [0.1, 0.15) is 11.2 Å². The number of imidazole rings is 1. The summed E-state index contributed by atoms with van der Waals surface area (Å²) in [6.07, 6.45) is 3.55. The molecule has 0 saturated carbocycles. The van der Waals surface area contributed by atoms with Gasteiger partial charge in [-0.1, -0.05) is 12.1 Å². The molecule has 0 bridgehead atoms. The van der Waals surface area contributed by atoms with Crippen LogP contribution in [0.2, 0.25) is 0 Å². The van der Waals surface area contributed by atoms with E-state index in [0.717, 1.165) is 39.9 Å². The van der Waals surface area contributed by atoms with Crippen LogP contribution in [-0.4, -0.2) is 28.9 Å². The number of benzene rings is 1. The van der Waals surface area contributed by atoms with Crippen molar-refractivity contribution < 1.29 is 0 Å². The molecule has 1 aromatic carbocycles. The van der Waals surface area contributed by atoms with Crippen LogP contribution in [0.15, 0.2) is 65.7 Å². The normalized spacial score (nSPS) is 11.5. The van der Waals surface area contributed by atoms with E-state index in [1.807, 2.05) is 59.6 Å². The highest BCUT2D eigenvalue weighted by Crippen LogP contribution is 2.26. The van der Waals surface area contributed by atoms with Crippen LogP contribution in [0.4, 0.5) is 0 Å². The zero-order valence-corrected chi connectivity index (χ0v) is 15.6. The van der Waals surface area contributed by atoms with Gasteiger partial charge in [-0.05, 0) is 37.3 Å². The Labute approximate surface area is 160 Å². The molecule has 0 atom stereocenters. The monoisotopic (exact) mass is 370 g/mol. The number of aromatic nitrogens is 6. The topological polar surface area (TPSA) is 70.5 Å². The third-order valence-corrected chi connectivity index (χ3v) is 4.97. The van der Waals surface area contributed by atoms with Crippen LogP contribution >= 0.6 is 0 Å². The van der Waals surface area contributed by atoms with Crippen molar-refractivity contribution in [2.45, 2.75) is 13.5 Å². The average molecular weight is 370 g/mol. The molecule has 0 aliphatic heterocycles. The highest BCUT2D eigenvalue weighted by molar-refractivity contribution is 5.89. The van der Waals surface area contributed by atoms with Crippen LogP contribution in [0.5, 0.6) is 0 Å². The zero-order valence-electron chi connectivity index (χ0n) is 15.6. The average Bonchev–Trinajstić information content (AvgIpc) is 3.27. The number of fused-ring (bicyclic) bond motifs is 2. The molecule has 0 aliphatic carbocycles. The van der Waals surface area contributed by atoms with Gasteiger partial charge < -0.3 is 4.57 Å². The summed E-state index contributed by atoms with van der Waals surface area (Å²) in [6, 6.07) is 15.1. The van der Waals surface area contributed by atoms with Gasteiger partial charge in [-0.2, -0.15) is 5.10 Å². The van der Waals surface area contributed by atoms with Crippen molar-refractivity contribution in [2.75, 3.05) is 0 Å². The van der Waals surface area contributed by atoms with Crippen molar-refractivity contribution in [2.24, 2.45) is 7.05 Å². The van der Waals surface area contributed by atoms with Gasteiger partial charge in [0.2, 0.25) is 5.95 Å². The summed E-state index contributed by atoms with van der Waals surface area (Å²) in [5, 5.41) is 4.72. The van der Waals surface area contributed by atoms with Crippen LogP contribution in [-0.2, 0) is 13.6 Å². The fourth-order valence-corrected chi connectivity index (χ4v) is 3.58. The molecular formula is C21H18N6O. The first-order chi connectivity index (χ1) is 13.7. The van der Waals surface area contributed by atoms with E-state index in [1.54, 1.807) is 29.1 Å². The number of pyridine rings is 2. The highest BCUT2D eigenvalue weighted by atomic mass is 16.1. The smallest absolute Gasteiger partial charge is 0.257 e.